The van der Waals surface area contributed by atoms with E-state index in [9.17, 15) is 0 Å². The Labute approximate surface area is 320 Å². The van der Waals surface area contributed by atoms with Gasteiger partial charge in [-0.25, -0.2) is 0 Å². The molecule has 0 amide bonds. The summed E-state index contributed by atoms with van der Waals surface area (Å²) in [5.74, 6) is 0. The molecule has 0 aromatic heterocycles. The molecule has 0 unspecified atom stereocenters. The van der Waals surface area contributed by atoms with Crippen molar-refractivity contribution >= 4 is 21.5 Å². The second-order valence-electron chi connectivity index (χ2n) is 10.5. The van der Waals surface area contributed by atoms with E-state index in [-0.39, 0.29) is 0 Å². The van der Waals surface area contributed by atoms with Crippen LogP contribution in [-0.4, -0.2) is 0 Å². The van der Waals surface area contributed by atoms with Crippen LogP contribution in [0.15, 0.2) is 170 Å². The van der Waals surface area contributed by atoms with Crippen LogP contribution >= 0.6 is 0 Å². The fourth-order valence-electron chi connectivity index (χ4n) is 4.74. The molecule has 0 aliphatic heterocycles. The molecule has 0 N–H and O–H groups in total. The van der Waals surface area contributed by atoms with Gasteiger partial charge in [-0.3, -0.25) is 0 Å². The minimum Gasteiger partial charge on any atom is -0.0683 e. The summed E-state index contributed by atoms with van der Waals surface area (Å²) < 4.78 is 0. The number of hydrogen-bond acceptors (Lipinski definition) is 0. The van der Waals surface area contributed by atoms with Gasteiger partial charge in [0.15, 0.2) is 0 Å². The van der Waals surface area contributed by atoms with E-state index in [0.717, 1.165) is 0 Å². The van der Waals surface area contributed by atoms with Crippen molar-refractivity contribution in [2.45, 2.75) is 96.9 Å². The molecule has 0 aliphatic rings. The number of fused-ring (bicyclic) bond motifs is 2. The molecule has 7 aromatic carbocycles. The highest BCUT2D eigenvalue weighted by atomic mass is 14.0. The summed E-state index contributed by atoms with van der Waals surface area (Å²) >= 11 is 0. The van der Waals surface area contributed by atoms with Crippen molar-refractivity contribution in [1.82, 2.24) is 0 Å². The second kappa shape index (κ2) is 33.2. The Morgan fingerprint density at radius 1 is 0.269 bits per heavy atom. The SMILES string of the molecule is CC.CC.CC.CC.CC.Cc1ccc2ccccc2c1.Cc1cccc2ccccc12.Cc1ccccc1.Cc1ccccc1-c1ccccc1. The lowest BCUT2D eigenvalue weighted by Gasteiger charge is -2.04. The topological polar surface area (TPSA) is 0 Å². The van der Waals surface area contributed by atoms with Crippen molar-refractivity contribution in [2.24, 2.45) is 0 Å². The molecule has 0 heteroatoms. The van der Waals surface area contributed by atoms with Gasteiger partial charge in [0.25, 0.3) is 0 Å². The van der Waals surface area contributed by atoms with Crippen molar-refractivity contribution < 1.29 is 0 Å². The summed E-state index contributed by atoms with van der Waals surface area (Å²) in [6.07, 6.45) is 0. The first-order valence-corrected chi connectivity index (χ1v) is 19.5. The molecule has 0 fully saturated rings. The summed E-state index contributed by atoms with van der Waals surface area (Å²) in [5, 5.41) is 5.33. The van der Waals surface area contributed by atoms with Crippen LogP contribution in [0.3, 0.4) is 0 Å². The average molecular weight is 695 g/mol. The largest absolute Gasteiger partial charge is 0.0683 e. The van der Waals surface area contributed by atoms with E-state index in [4.69, 9.17) is 0 Å². The Hall–Kier alpha value is -4.94. The standard InChI is InChI=1S/C13H12.2C11H10.C7H8.5C2H6/c1-11-7-5-6-10-13(11)12-8-3-2-4-9-12;1-9-5-4-7-10-6-2-3-8-11(9)10;1-9-6-7-10-4-2-3-5-11(10)8-9;1-7-5-3-2-4-6-7;5*1-2/h2-10H,1H3;2*2-8H,1H3;2-6H,1H3;5*1-2H3. The zero-order chi connectivity index (χ0) is 39.6. The maximum absolute atomic E-state index is 2.20. The molecule has 0 atom stereocenters. The van der Waals surface area contributed by atoms with Gasteiger partial charge in [0.2, 0.25) is 0 Å². The van der Waals surface area contributed by atoms with Gasteiger partial charge in [0, 0.05) is 0 Å². The molecule has 0 radical (unpaired) electrons. The zero-order valence-corrected chi connectivity index (χ0v) is 35.2. The number of benzene rings is 7. The van der Waals surface area contributed by atoms with Gasteiger partial charge in [-0.1, -0.05) is 250 Å². The van der Waals surface area contributed by atoms with E-state index in [1.807, 2.05) is 93.5 Å². The zero-order valence-electron chi connectivity index (χ0n) is 35.2. The van der Waals surface area contributed by atoms with Gasteiger partial charge in [0.05, 0.1) is 0 Å². The van der Waals surface area contributed by atoms with Gasteiger partial charge in [-0.2, -0.15) is 0 Å². The Morgan fingerprint density at radius 3 is 1.21 bits per heavy atom. The number of rotatable bonds is 1. The summed E-state index contributed by atoms with van der Waals surface area (Å²) in [5.41, 5.74) is 7.94. The third kappa shape index (κ3) is 19.5. The van der Waals surface area contributed by atoms with Gasteiger partial charge in [0.1, 0.15) is 0 Å². The van der Waals surface area contributed by atoms with Crippen LogP contribution in [0.4, 0.5) is 0 Å². The van der Waals surface area contributed by atoms with Gasteiger partial charge >= 0.3 is 0 Å². The molecule has 0 bridgehead atoms. The highest BCUT2D eigenvalue weighted by Gasteiger charge is 1.98. The molecule has 7 rings (SSSR count). The molecule has 0 aliphatic carbocycles. The molecule has 278 valence electrons. The third-order valence-electron chi connectivity index (χ3n) is 7.08. The quantitative estimate of drug-likeness (QED) is 0.160. The summed E-state index contributed by atoms with van der Waals surface area (Å²) in [6.45, 7) is 28.5. The van der Waals surface area contributed by atoms with E-state index in [1.54, 1.807) is 0 Å². The van der Waals surface area contributed by atoms with Crippen LogP contribution in [0.5, 0.6) is 0 Å². The van der Waals surface area contributed by atoms with E-state index in [1.165, 1.54) is 54.9 Å². The molecule has 52 heavy (non-hydrogen) atoms. The van der Waals surface area contributed by atoms with E-state index >= 15 is 0 Å². The first-order chi connectivity index (χ1) is 25.5. The van der Waals surface area contributed by atoms with Crippen LogP contribution in [-0.2, 0) is 0 Å². The van der Waals surface area contributed by atoms with Crippen LogP contribution in [0.1, 0.15) is 91.5 Å². The molecule has 0 spiro atoms. The Kier molecular flexibility index (Phi) is 31.4. The van der Waals surface area contributed by atoms with Crippen molar-refractivity contribution in [2.75, 3.05) is 0 Å². The highest BCUT2D eigenvalue weighted by molar-refractivity contribution is 5.85. The van der Waals surface area contributed by atoms with Gasteiger partial charge in [-0.05, 0) is 71.5 Å². The second-order valence-corrected chi connectivity index (χ2v) is 10.5. The Balaban J connectivity index is 0. The van der Waals surface area contributed by atoms with Gasteiger partial charge < -0.3 is 0 Å². The van der Waals surface area contributed by atoms with E-state index < -0.39 is 0 Å². The van der Waals surface area contributed by atoms with Crippen LogP contribution < -0.4 is 0 Å². The summed E-state index contributed by atoms with van der Waals surface area (Å²) in [6, 6.07) is 58.9. The maximum atomic E-state index is 2.20. The predicted molar refractivity (Wildman–Crippen MR) is 242 cm³/mol. The lowest BCUT2D eigenvalue weighted by molar-refractivity contribution is 1.46. The van der Waals surface area contributed by atoms with Crippen LogP contribution in [0.2, 0.25) is 0 Å². The molecule has 0 nitrogen and oxygen atoms in total. The van der Waals surface area contributed by atoms with Crippen molar-refractivity contribution in [3.05, 3.63) is 192 Å². The van der Waals surface area contributed by atoms with E-state index in [2.05, 4.69) is 173 Å². The first-order valence-electron chi connectivity index (χ1n) is 19.5. The van der Waals surface area contributed by atoms with E-state index in [0.29, 0.717) is 0 Å². The third-order valence-corrected chi connectivity index (χ3v) is 7.08. The number of hydrogen-bond donors (Lipinski definition) is 0. The van der Waals surface area contributed by atoms with Crippen LogP contribution in [0, 0.1) is 27.7 Å². The van der Waals surface area contributed by atoms with Gasteiger partial charge in [-0.15, -0.1) is 0 Å². The van der Waals surface area contributed by atoms with Crippen LogP contribution in [0.25, 0.3) is 32.7 Å². The molecular weight excluding hydrogens is 625 g/mol. The lowest BCUT2D eigenvalue weighted by Crippen LogP contribution is -1.80. The van der Waals surface area contributed by atoms with Crippen molar-refractivity contribution in [1.29, 1.82) is 0 Å². The predicted octanol–water partition coefficient (Wildman–Crippen LogP) is 17.1. The maximum Gasteiger partial charge on any atom is -0.0155 e. The van der Waals surface area contributed by atoms with Crippen molar-refractivity contribution in [3.8, 4) is 11.1 Å². The number of aryl methyl sites for hydroxylation is 4. The monoisotopic (exact) mass is 695 g/mol. The minimum atomic E-state index is 1.29. The molecule has 0 saturated heterocycles. The summed E-state index contributed by atoms with van der Waals surface area (Å²) in [7, 11) is 0. The highest BCUT2D eigenvalue weighted by Crippen LogP contribution is 2.22. The first kappa shape index (κ1) is 49.2. The molecule has 0 heterocycles. The van der Waals surface area contributed by atoms with Crippen molar-refractivity contribution in [3.63, 3.8) is 0 Å². The molecule has 0 saturated carbocycles. The Bertz CT molecular complexity index is 1790. The summed E-state index contributed by atoms with van der Waals surface area (Å²) in [4.78, 5) is 0. The smallest absolute Gasteiger partial charge is 0.0155 e. The Morgan fingerprint density at radius 2 is 0.692 bits per heavy atom. The molecular formula is C52H70. The fourth-order valence-corrected chi connectivity index (χ4v) is 4.74. The minimum absolute atomic E-state index is 1.29. The molecule has 7 aromatic rings. The fraction of sp³-hybridized carbons (Fsp3) is 0.269. The average Bonchev–Trinajstić information content (AvgIpc) is 3.23. The normalized spacial score (nSPS) is 8.58. The lowest BCUT2D eigenvalue weighted by atomic mass is 10.0.